The molecule has 1 aliphatic carbocycles. The quantitative estimate of drug-likeness (QED) is 0.431. The zero-order valence-corrected chi connectivity index (χ0v) is 20.1. The van der Waals surface area contributed by atoms with Crippen molar-refractivity contribution >= 4 is 29.4 Å². The highest BCUT2D eigenvalue weighted by Gasteiger charge is 2.30. The van der Waals surface area contributed by atoms with Gasteiger partial charge in [0.25, 0.3) is 0 Å². The summed E-state index contributed by atoms with van der Waals surface area (Å²) in [6.45, 7) is 4.78. The summed E-state index contributed by atoms with van der Waals surface area (Å²) < 4.78 is 3.86. The number of carbonyl (C=O) groups is 2. The Morgan fingerprint density at radius 2 is 1.94 bits per heavy atom. The average molecular weight is 478 g/mol. The molecule has 1 aromatic carbocycles. The summed E-state index contributed by atoms with van der Waals surface area (Å²) >= 11 is 1.26. The Labute approximate surface area is 202 Å². The fourth-order valence-corrected chi connectivity index (χ4v) is 4.65. The number of carbonyl (C=O) groups excluding carboxylic acids is 2. The molecule has 3 aromatic rings. The Hall–Kier alpha value is -3.58. The molecule has 0 bridgehead atoms. The van der Waals surface area contributed by atoms with Gasteiger partial charge in [0.1, 0.15) is 17.7 Å². The molecule has 3 N–H and O–H groups in total. The number of aromatic nitrogens is 4. The molecule has 10 heteroatoms. The van der Waals surface area contributed by atoms with Crippen LogP contribution in [0.4, 0.5) is 5.82 Å². The van der Waals surface area contributed by atoms with Crippen LogP contribution in [0.5, 0.6) is 0 Å². The molecule has 1 fully saturated rings. The maximum Gasteiger partial charge on any atom is 0.235 e. The van der Waals surface area contributed by atoms with Crippen LogP contribution in [0.15, 0.2) is 35.5 Å². The van der Waals surface area contributed by atoms with Crippen molar-refractivity contribution in [2.45, 2.75) is 57.3 Å². The Morgan fingerprint density at radius 3 is 2.59 bits per heavy atom. The summed E-state index contributed by atoms with van der Waals surface area (Å²) in [4.78, 5) is 24.2. The van der Waals surface area contributed by atoms with Gasteiger partial charge in [-0.2, -0.15) is 5.26 Å². The molecule has 2 amide bonds. The van der Waals surface area contributed by atoms with Gasteiger partial charge in [-0.3, -0.25) is 9.59 Å². The van der Waals surface area contributed by atoms with Crippen molar-refractivity contribution in [3.8, 4) is 6.07 Å². The Bertz CT molecular complexity index is 1250. The summed E-state index contributed by atoms with van der Waals surface area (Å²) in [6.07, 6.45) is 2.29. The van der Waals surface area contributed by atoms with Crippen molar-refractivity contribution in [1.82, 2.24) is 19.3 Å². The van der Waals surface area contributed by atoms with Crippen LogP contribution in [0.25, 0.3) is 0 Å². The summed E-state index contributed by atoms with van der Waals surface area (Å²) in [5.74, 6) is 1.16. The topological polar surface area (TPSA) is 132 Å². The number of rotatable bonds is 10. The van der Waals surface area contributed by atoms with Crippen LogP contribution >= 0.6 is 11.8 Å². The van der Waals surface area contributed by atoms with Crippen molar-refractivity contribution in [2.24, 2.45) is 5.73 Å². The molecule has 34 heavy (non-hydrogen) atoms. The Morgan fingerprint density at radius 1 is 1.21 bits per heavy atom. The predicted octanol–water partition coefficient (Wildman–Crippen LogP) is 3.10. The van der Waals surface area contributed by atoms with Crippen LogP contribution in [0.3, 0.4) is 0 Å². The van der Waals surface area contributed by atoms with Gasteiger partial charge in [0.05, 0.1) is 11.3 Å². The van der Waals surface area contributed by atoms with Gasteiger partial charge in [-0.05, 0) is 37.8 Å². The molecular weight excluding hydrogens is 450 g/mol. The fourth-order valence-electron chi connectivity index (χ4n) is 3.87. The highest BCUT2D eigenvalue weighted by Crippen LogP contribution is 2.40. The minimum absolute atomic E-state index is 0.0961. The number of nitrogens with two attached hydrogens (primary N) is 1. The van der Waals surface area contributed by atoms with Crippen molar-refractivity contribution in [2.75, 3.05) is 11.1 Å². The third-order valence-electron chi connectivity index (χ3n) is 5.98. The second kappa shape index (κ2) is 10.1. The SMILES string of the molecule is Cc1c(C#N)c(NC(=O)CSc2nnc(C3CC3)n2CCC(N)=O)n(Cc2ccccc2)c1C. The molecular formula is C24H27N7O2S. The number of hydrogen-bond donors (Lipinski definition) is 2. The molecule has 2 aromatic heterocycles. The second-order valence-corrected chi connectivity index (χ2v) is 9.38. The monoisotopic (exact) mass is 477 g/mol. The summed E-state index contributed by atoms with van der Waals surface area (Å²) in [6, 6.07) is 12.1. The first-order valence-corrected chi connectivity index (χ1v) is 12.1. The Kier molecular flexibility index (Phi) is 7.03. The zero-order chi connectivity index (χ0) is 24.2. The minimum atomic E-state index is -0.391. The first kappa shape index (κ1) is 23.6. The number of benzene rings is 1. The van der Waals surface area contributed by atoms with Gasteiger partial charge in [-0.1, -0.05) is 42.1 Å². The summed E-state index contributed by atoms with van der Waals surface area (Å²) in [7, 11) is 0. The molecule has 0 aliphatic heterocycles. The largest absolute Gasteiger partial charge is 0.370 e. The molecule has 176 valence electrons. The van der Waals surface area contributed by atoms with Crippen LogP contribution < -0.4 is 11.1 Å². The number of amides is 2. The third kappa shape index (κ3) is 5.15. The van der Waals surface area contributed by atoms with E-state index in [0.29, 0.717) is 35.5 Å². The van der Waals surface area contributed by atoms with E-state index in [9.17, 15) is 14.9 Å². The number of anilines is 1. The maximum absolute atomic E-state index is 12.9. The first-order chi connectivity index (χ1) is 16.4. The molecule has 0 radical (unpaired) electrons. The summed E-state index contributed by atoms with van der Waals surface area (Å²) in [5.41, 5.74) is 8.65. The van der Waals surface area contributed by atoms with Crippen LogP contribution in [0.2, 0.25) is 0 Å². The van der Waals surface area contributed by atoms with E-state index >= 15 is 0 Å². The van der Waals surface area contributed by atoms with Crippen LogP contribution in [0.1, 0.15) is 53.4 Å². The molecule has 0 atom stereocenters. The van der Waals surface area contributed by atoms with Gasteiger partial charge in [0.2, 0.25) is 11.8 Å². The van der Waals surface area contributed by atoms with Gasteiger partial charge in [-0.15, -0.1) is 10.2 Å². The van der Waals surface area contributed by atoms with E-state index in [1.165, 1.54) is 11.8 Å². The molecule has 0 spiro atoms. The van der Waals surface area contributed by atoms with Crippen molar-refractivity contribution in [3.05, 3.63) is 58.5 Å². The number of nitriles is 1. The Balaban J connectivity index is 1.50. The van der Waals surface area contributed by atoms with Crippen LogP contribution in [0, 0.1) is 25.2 Å². The van der Waals surface area contributed by atoms with Crippen LogP contribution in [-0.2, 0) is 22.7 Å². The minimum Gasteiger partial charge on any atom is -0.370 e. The molecule has 1 aliphatic rings. The van der Waals surface area contributed by atoms with E-state index in [1.807, 2.05) is 53.3 Å². The van der Waals surface area contributed by atoms with E-state index in [4.69, 9.17) is 5.73 Å². The van der Waals surface area contributed by atoms with E-state index in [0.717, 1.165) is 35.5 Å². The number of nitrogens with zero attached hydrogens (tertiary/aromatic N) is 5. The normalized spacial score (nSPS) is 13.0. The molecule has 9 nitrogen and oxygen atoms in total. The van der Waals surface area contributed by atoms with Gasteiger partial charge in [0, 0.05) is 31.1 Å². The lowest BCUT2D eigenvalue weighted by Gasteiger charge is -2.13. The fraction of sp³-hybridized carbons (Fsp3) is 0.375. The maximum atomic E-state index is 12.9. The van der Waals surface area contributed by atoms with Gasteiger partial charge < -0.3 is 20.2 Å². The smallest absolute Gasteiger partial charge is 0.235 e. The van der Waals surface area contributed by atoms with Gasteiger partial charge in [-0.25, -0.2) is 0 Å². The van der Waals surface area contributed by atoms with E-state index in [-0.39, 0.29) is 18.1 Å². The average Bonchev–Trinajstić information content (AvgIpc) is 3.55. The molecule has 4 rings (SSSR count). The van der Waals surface area contributed by atoms with Crippen LogP contribution in [-0.4, -0.2) is 36.9 Å². The lowest BCUT2D eigenvalue weighted by atomic mass is 10.2. The standard InChI is InChI=1S/C24H27N7O2S/c1-15-16(2)31(13-17-6-4-3-5-7-17)23(19(15)12-25)27-21(33)14-34-24-29-28-22(18-8-9-18)30(24)11-10-20(26)32/h3-7,18H,8-11,13-14H2,1-2H3,(H2,26,32)(H,27,33). The molecule has 0 saturated heterocycles. The second-order valence-electron chi connectivity index (χ2n) is 8.44. The van der Waals surface area contributed by atoms with E-state index < -0.39 is 5.91 Å². The van der Waals surface area contributed by atoms with Crippen molar-refractivity contribution in [3.63, 3.8) is 0 Å². The van der Waals surface area contributed by atoms with Gasteiger partial charge >= 0.3 is 0 Å². The number of thioether (sulfide) groups is 1. The lowest BCUT2D eigenvalue weighted by Crippen LogP contribution is -2.19. The first-order valence-electron chi connectivity index (χ1n) is 11.2. The number of nitrogens with one attached hydrogen (secondary N) is 1. The molecule has 0 unspecified atom stereocenters. The number of primary amides is 1. The van der Waals surface area contributed by atoms with Crippen molar-refractivity contribution in [1.29, 1.82) is 5.26 Å². The third-order valence-corrected chi connectivity index (χ3v) is 6.95. The highest BCUT2D eigenvalue weighted by molar-refractivity contribution is 7.99. The molecule has 2 heterocycles. The zero-order valence-electron chi connectivity index (χ0n) is 19.2. The highest BCUT2D eigenvalue weighted by atomic mass is 32.2. The van der Waals surface area contributed by atoms with Crippen molar-refractivity contribution < 1.29 is 9.59 Å². The summed E-state index contributed by atoms with van der Waals surface area (Å²) in [5, 5.41) is 21.8. The molecule has 1 saturated carbocycles. The number of hydrogen-bond acceptors (Lipinski definition) is 6. The lowest BCUT2D eigenvalue weighted by molar-refractivity contribution is -0.118. The van der Waals surface area contributed by atoms with E-state index in [1.54, 1.807) is 0 Å². The van der Waals surface area contributed by atoms with E-state index in [2.05, 4.69) is 21.6 Å². The van der Waals surface area contributed by atoms with Gasteiger partial charge in [0.15, 0.2) is 5.16 Å². The predicted molar refractivity (Wildman–Crippen MR) is 129 cm³/mol.